The Balaban J connectivity index is 1.46. The van der Waals surface area contributed by atoms with Crippen molar-refractivity contribution < 1.29 is 9.53 Å². The summed E-state index contributed by atoms with van der Waals surface area (Å²) in [5.41, 5.74) is 1.25. The van der Waals surface area contributed by atoms with Gasteiger partial charge in [0.05, 0.1) is 7.11 Å². The van der Waals surface area contributed by atoms with Gasteiger partial charge in [-0.25, -0.2) is 9.67 Å². The van der Waals surface area contributed by atoms with Crippen molar-refractivity contribution in [3.05, 3.63) is 42.5 Å². The van der Waals surface area contributed by atoms with Gasteiger partial charge < -0.3 is 14.5 Å². The van der Waals surface area contributed by atoms with Crippen LogP contribution < -0.4 is 4.74 Å². The topological polar surface area (TPSA) is 63.5 Å². The van der Waals surface area contributed by atoms with Gasteiger partial charge >= 0.3 is 0 Å². The van der Waals surface area contributed by atoms with Crippen LogP contribution in [-0.2, 0) is 17.8 Å². The minimum absolute atomic E-state index is 0.0756. The SMILES string of the molecule is COc1ccccc1CCN1CCCC(CN(C)C(=O)Cn2cncn2)C1. The smallest absolute Gasteiger partial charge is 0.244 e. The van der Waals surface area contributed by atoms with E-state index >= 15 is 0 Å². The fourth-order valence-electron chi connectivity index (χ4n) is 3.75. The van der Waals surface area contributed by atoms with Crippen LogP contribution in [0.5, 0.6) is 5.75 Å². The number of methoxy groups -OCH3 is 1. The zero-order valence-corrected chi connectivity index (χ0v) is 16.3. The minimum atomic E-state index is 0.0756. The molecule has 1 aliphatic heterocycles. The Morgan fingerprint density at radius 3 is 3.00 bits per heavy atom. The highest BCUT2D eigenvalue weighted by Crippen LogP contribution is 2.21. The first-order valence-electron chi connectivity index (χ1n) is 9.56. The van der Waals surface area contributed by atoms with E-state index in [-0.39, 0.29) is 12.5 Å². The summed E-state index contributed by atoms with van der Waals surface area (Å²) in [5.74, 6) is 1.55. The summed E-state index contributed by atoms with van der Waals surface area (Å²) < 4.78 is 7.02. The maximum Gasteiger partial charge on any atom is 0.244 e. The van der Waals surface area contributed by atoms with E-state index in [1.54, 1.807) is 18.1 Å². The number of hydrogen-bond acceptors (Lipinski definition) is 5. The molecule has 7 nitrogen and oxygen atoms in total. The molecule has 27 heavy (non-hydrogen) atoms. The number of piperidine rings is 1. The van der Waals surface area contributed by atoms with Crippen LogP contribution in [0, 0.1) is 5.92 Å². The third kappa shape index (κ3) is 5.53. The first-order chi connectivity index (χ1) is 13.2. The fraction of sp³-hybridized carbons (Fsp3) is 0.550. The number of para-hydroxylation sites is 1. The number of benzene rings is 1. The van der Waals surface area contributed by atoms with E-state index in [0.29, 0.717) is 5.92 Å². The molecule has 0 saturated carbocycles. The van der Waals surface area contributed by atoms with E-state index in [9.17, 15) is 4.79 Å². The molecular weight excluding hydrogens is 342 g/mol. The zero-order valence-electron chi connectivity index (χ0n) is 16.3. The molecule has 0 spiro atoms. The van der Waals surface area contributed by atoms with Gasteiger partial charge in [-0.1, -0.05) is 18.2 Å². The maximum absolute atomic E-state index is 12.4. The van der Waals surface area contributed by atoms with Crippen molar-refractivity contribution in [1.82, 2.24) is 24.6 Å². The first kappa shape index (κ1) is 19.4. The van der Waals surface area contributed by atoms with Gasteiger partial charge in [0, 0.05) is 26.7 Å². The van der Waals surface area contributed by atoms with Gasteiger partial charge in [-0.15, -0.1) is 0 Å². The van der Waals surface area contributed by atoms with Crippen LogP contribution in [0.1, 0.15) is 18.4 Å². The summed E-state index contributed by atoms with van der Waals surface area (Å²) in [5, 5.41) is 4.00. The molecule has 2 heterocycles. The second-order valence-corrected chi connectivity index (χ2v) is 7.24. The number of ether oxygens (including phenoxy) is 1. The second-order valence-electron chi connectivity index (χ2n) is 7.24. The van der Waals surface area contributed by atoms with Crippen LogP contribution >= 0.6 is 0 Å². The summed E-state index contributed by atoms with van der Waals surface area (Å²) >= 11 is 0. The maximum atomic E-state index is 12.4. The Bertz CT molecular complexity index is 719. The molecule has 0 radical (unpaired) electrons. The molecular formula is C20H29N5O2. The van der Waals surface area contributed by atoms with Crippen molar-refractivity contribution in [3.63, 3.8) is 0 Å². The van der Waals surface area contributed by atoms with Crippen molar-refractivity contribution in [2.24, 2.45) is 5.92 Å². The Kier molecular flexibility index (Phi) is 6.81. The standard InChI is InChI=1S/C20H29N5O2/c1-23(20(26)14-25-16-21-15-22-25)12-17-6-5-10-24(13-17)11-9-18-7-3-4-8-19(18)27-2/h3-4,7-8,15-17H,5-6,9-14H2,1-2H3. The lowest BCUT2D eigenvalue weighted by molar-refractivity contribution is -0.131. The number of rotatable bonds is 8. The minimum Gasteiger partial charge on any atom is -0.496 e. The number of likely N-dealkylation sites (tertiary alicyclic amines) is 1. The fourth-order valence-corrected chi connectivity index (χ4v) is 3.75. The first-order valence-corrected chi connectivity index (χ1v) is 9.56. The molecule has 1 amide bonds. The molecule has 1 saturated heterocycles. The highest BCUT2D eigenvalue weighted by atomic mass is 16.5. The monoisotopic (exact) mass is 371 g/mol. The molecule has 0 aliphatic carbocycles. The quantitative estimate of drug-likeness (QED) is 0.707. The lowest BCUT2D eigenvalue weighted by atomic mass is 9.97. The average Bonchev–Trinajstić information content (AvgIpc) is 3.20. The number of nitrogens with zero attached hydrogens (tertiary/aromatic N) is 5. The highest BCUT2D eigenvalue weighted by molar-refractivity contribution is 5.75. The summed E-state index contributed by atoms with van der Waals surface area (Å²) in [6.45, 7) is 4.23. The molecule has 7 heteroatoms. The van der Waals surface area contributed by atoms with E-state index in [1.807, 2.05) is 24.1 Å². The van der Waals surface area contributed by atoms with Gasteiger partial charge in [0.15, 0.2) is 0 Å². The molecule has 1 atom stereocenters. The van der Waals surface area contributed by atoms with Crippen LogP contribution in [0.3, 0.4) is 0 Å². The predicted octanol–water partition coefficient (Wildman–Crippen LogP) is 1.70. The predicted molar refractivity (Wildman–Crippen MR) is 104 cm³/mol. The van der Waals surface area contributed by atoms with Crippen molar-refractivity contribution >= 4 is 5.91 Å². The third-order valence-corrected chi connectivity index (χ3v) is 5.21. The van der Waals surface area contributed by atoms with Gasteiger partial charge in [-0.05, 0) is 43.4 Å². The molecule has 1 unspecified atom stereocenters. The Hall–Kier alpha value is -2.41. The van der Waals surface area contributed by atoms with Crippen LogP contribution in [0.2, 0.25) is 0 Å². The van der Waals surface area contributed by atoms with Crippen molar-refractivity contribution in [1.29, 1.82) is 0 Å². The number of likely N-dealkylation sites (N-methyl/N-ethyl adjacent to an activating group) is 1. The molecule has 2 aromatic rings. The summed E-state index contributed by atoms with van der Waals surface area (Å²) in [6, 6.07) is 8.22. The second kappa shape index (κ2) is 9.50. The average molecular weight is 371 g/mol. The summed E-state index contributed by atoms with van der Waals surface area (Å²) in [6.07, 6.45) is 6.37. The highest BCUT2D eigenvalue weighted by Gasteiger charge is 2.23. The van der Waals surface area contributed by atoms with Crippen molar-refractivity contribution in [3.8, 4) is 5.75 Å². The number of carbonyl (C=O) groups excluding carboxylic acids is 1. The normalized spacial score (nSPS) is 17.6. The van der Waals surface area contributed by atoms with Crippen LogP contribution in [0.25, 0.3) is 0 Å². The summed E-state index contributed by atoms with van der Waals surface area (Å²) in [7, 11) is 3.61. The van der Waals surface area contributed by atoms with Gasteiger partial charge in [-0.2, -0.15) is 5.10 Å². The van der Waals surface area contributed by atoms with E-state index < -0.39 is 0 Å². The van der Waals surface area contributed by atoms with Gasteiger partial charge in [0.1, 0.15) is 24.9 Å². The summed E-state index contributed by atoms with van der Waals surface area (Å²) in [4.78, 5) is 20.6. The number of carbonyl (C=O) groups is 1. The Labute approximate surface area is 160 Å². The van der Waals surface area contributed by atoms with E-state index in [1.165, 1.54) is 24.7 Å². The molecule has 1 aromatic carbocycles. The Morgan fingerprint density at radius 2 is 2.22 bits per heavy atom. The largest absolute Gasteiger partial charge is 0.496 e. The Morgan fingerprint density at radius 1 is 1.37 bits per heavy atom. The lowest BCUT2D eigenvalue weighted by Gasteiger charge is -2.34. The molecule has 1 fully saturated rings. The molecule has 0 bridgehead atoms. The number of aromatic nitrogens is 3. The van der Waals surface area contributed by atoms with Gasteiger partial charge in [0.25, 0.3) is 0 Å². The van der Waals surface area contributed by atoms with Crippen LogP contribution in [0.15, 0.2) is 36.9 Å². The van der Waals surface area contributed by atoms with Crippen LogP contribution in [-0.4, -0.2) is 70.8 Å². The van der Waals surface area contributed by atoms with Gasteiger partial charge in [-0.3, -0.25) is 4.79 Å². The van der Waals surface area contributed by atoms with E-state index in [2.05, 4.69) is 27.1 Å². The zero-order chi connectivity index (χ0) is 19.1. The molecule has 3 rings (SSSR count). The van der Waals surface area contributed by atoms with E-state index in [0.717, 1.165) is 38.3 Å². The molecule has 0 N–H and O–H groups in total. The van der Waals surface area contributed by atoms with Crippen LogP contribution in [0.4, 0.5) is 0 Å². The molecule has 146 valence electrons. The van der Waals surface area contributed by atoms with Crippen molar-refractivity contribution in [2.75, 3.05) is 40.3 Å². The van der Waals surface area contributed by atoms with Gasteiger partial charge in [0.2, 0.25) is 5.91 Å². The molecule has 1 aliphatic rings. The molecule has 1 aromatic heterocycles. The van der Waals surface area contributed by atoms with Crippen molar-refractivity contribution in [2.45, 2.75) is 25.8 Å². The lowest BCUT2D eigenvalue weighted by Crippen LogP contribution is -2.42. The van der Waals surface area contributed by atoms with E-state index in [4.69, 9.17) is 4.74 Å². The third-order valence-electron chi connectivity index (χ3n) is 5.21. The number of hydrogen-bond donors (Lipinski definition) is 0. The number of amides is 1.